The number of hydrogen-bond donors (Lipinski definition) is 1. The molecule has 1 aromatic carbocycles. The zero-order valence-electron chi connectivity index (χ0n) is 13.8. The molecule has 6 nitrogen and oxygen atoms in total. The lowest BCUT2D eigenvalue weighted by molar-refractivity contribution is -0.142. The van der Waals surface area contributed by atoms with Gasteiger partial charge in [0.2, 0.25) is 5.75 Å². The molecule has 0 spiro atoms. The Hall–Kier alpha value is -2.52. The molecule has 2 aromatic heterocycles. The van der Waals surface area contributed by atoms with E-state index in [1.54, 1.807) is 0 Å². The highest BCUT2D eigenvalue weighted by molar-refractivity contribution is 6.42. The fraction of sp³-hybridized carbons (Fsp3) is 0.235. The first-order valence-corrected chi connectivity index (χ1v) is 8.79. The van der Waals surface area contributed by atoms with Crippen LogP contribution in [0.1, 0.15) is 30.2 Å². The first-order valence-electron chi connectivity index (χ1n) is 8.04. The molecule has 0 aliphatic heterocycles. The second kappa shape index (κ2) is 6.82. The Morgan fingerprint density at radius 2 is 1.93 bits per heavy atom. The summed E-state index contributed by atoms with van der Waals surface area (Å²) < 4.78 is 50.8. The molecule has 3 aromatic rings. The summed E-state index contributed by atoms with van der Waals surface area (Å²) in [6, 6.07) is 5.27. The minimum absolute atomic E-state index is 0.00517. The highest BCUT2D eigenvalue weighted by atomic mass is 35.5. The SMILES string of the molecule is O=c1[nH]c(-c2cc(C3CC3)on2)nc(C(F)(F)F)c1Oc1ccc(Cl)c(Cl)c1. The third-order valence-corrected chi connectivity index (χ3v) is 4.75. The number of H-pyrrole nitrogens is 1. The number of rotatable bonds is 4. The number of halogens is 5. The van der Waals surface area contributed by atoms with Crippen molar-refractivity contribution >= 4 is 23.2 Å². The second-order valence-corrected chi connectivity index (χ2v) is 6.97. The Bertz CT molecular complexity index is 1110. The number of benzene rings is 1. The van der Waals surface area contributed by atoms with Crippen LogP contribution in [0.15, 0.2) is 33.6 Å². The summed E-state index contributed by atoms with van der Waals surface area (Å²) in [5, 5.41) is 3.94. The van der Waals surface area contributed by atoms with Gasteiger partial charge in [-0.2, -0.15) is 13.2 Å². The molecule has 0 atom stereocenters. The van der Waals surface area contributed by atoms with Crippen LogP contribution in [0.3, 0.4) is 0 Å². The van der Waals surface area contributed by atoms with Gasteiger partial charge in [0, 0.05) is 18.1 Å². The Labute approximate surface area is 165 Å². The van der Waals surface area contributed by atoms with E-state index in [4.69, 9.17) is 32.5 Å². The average Bonchev–Trinajstić information content (AvgIpc) is 3.35. The lowest BCUT2D eigenvalue weighted by atomic mass is 10.2. The third-order valence-electron chi connectivity index (χ3n) is 4.01. The molecule has 1 saturated carbocycles. The predicted octanol–water partition coefficient (Wildman–Crippen LogP) is 5.42. The summed E-state index contributed by atoms with van der Waals surface area (Å²) in [6.45, 7) is 0. The highest BCUT2D eigenvalue weighted by Gasteiger charge is 2.39. The van der Waals surface area contributed by atoms with Crippen molar-refractivity contribution in [3.05, 3.63) is 56.1 Å². The molecule has 0 unspecified atom stereocenters. The summed E-state index contributed by atoms with van der Waals surface area (Å²) in [4.78, 5) is 18.1. The van der Waals surface area contributed by atoms with E-state index >= 15 is 0 Å². The summed E-state index contributed by atoms with van der Waals surface area (Å²) >= 11 is 11.6. The van der Waals surface area contributed by atoms with Crippen molar-refractivity contribution < 1.29 is 22.4 Å². The molecule has 2 heterocycles. The number of aromatic amines is 1. The molecule has 0 amide bonds. The van der Waals surface area contributed by atoms with Crippen LogP contribution in [-0.4, -0.2) is 15.1 Å². The van der Waals surface area contributed by atoms with Crippen LogP contribution in [0.5, 0.6) is 11.5 Å². The number of hydrogen-bond acceptors (Lipinski definition) is 5. The summed E-state index contributed by atoms with van der Waals surface area (Å²) in [6.07, 6.45) is -3.11. The Kier molecular flexibility index (Phi) is 4.59. The summed E-state index contributed by atoms with van der Waals surface area (Å²) in [7, 11) is 0. The topological polar surface area (TPSA) is 81.0 Å². The monoisotopic (exact) mass is 431 g/mol. The van der Waals surface area contributed by atoms with E-state index in [-0.39, 0.29) is 33.2 Å². The Balaban J connectivity index is 1.77. The van der Waals surface area contributed by atoms with Gasteiger partial charge < -0.3 is 14.2 Å². The van der Waals surface area contributed by atoms with Gasteiger partial charge >= 0.3 is 6.18 Å². The normalized spacial score (nSPS) is 14.3. The number of ether oxygens (including phenoxy) is 1. The molecule has 28 heavy (non-hydrogen) atoms. The number of nitrogens with zero attached hydrogens (tertiary/aromatic N) is 2. The molecule has 0 saturated heterocycles. The average molecular weight is 432 g/mol. The van der Waals surface area contributed by atoms with E-state index in [0.29, 0.717) is 5.76 Å². The van der Waals surface area contributed by atoms with E-state index in [9.17, 15) is 18.0 Å². The standard InChI is InChI=1S/C17H10Cl2F3N3O3/c18-9-4-3-8(5-10(9)19)27-13-14(17(20,21)22)23-15(24-16(13)26)11-6-12(28-25-11)7-1-2-7/h3-7H,1-2H2,(H,23,24,26). The zero-order valence-corrected chi connectivity index (χ0v) is 15.3. The molecule has 11 heteroatoms. The summed E-state index contributed by atoms with van der Waals surface area (Å²) in [5.41, 5.74) is -2.61. The molecule has 0 bridgehead atoms. The van der Waals surface area contributed by atoms with Gasteiger partial charge in [0.15, 0.2) is 11.5 Å². The minimum Gasteiger partial charge on any atom is -0.449 e. The van der Waals surface area contributed by atoms with Gasteiger partial charge in [0.1, 0.15) is 17.2 Å². The van der Waals surface area contributed by atoms with Gasteiger partial charge in [-0.3, -0.25) is 4.79 Å². The Morgan fingerprint density at radius 3 is 2.57 bits per heavy atom. The van der Waals surface area contributed by atoms with Crippen molar-refractivity contribution in [3.8, 4) is 23.0 Å². The van der Waals surface area contributed by atoms with Gasteiger partial charge in [-0.25, -0.2) is 4.98 Å². The molecule has 1 aliphatic carbocycles. The van der Waals surface area contributed by atoms with E-state index in [2.05, 4.69) is 15.1 Å². The quantitative estimate of drug-likeness (QED) is 0.596. The molecule has 0 radical (unpaired) electrons. The molecule has 1 fully saturated rings. The van der Waals surface area contributed by atoms with Crippen LogP contribution in [0.4, 0.5) is 13.2 Å². The molecule has 1 N–H and O–H groups in total. The van der Waals surface area contributed by atoms with Crippen LogP contribution >= 0.6 is 23.2 Å². The maximum atomic E-state index is 13.5. The van der Waals surface area contributed by atoms with Gasteiger partial charge in [0.25, 0.3) is 5.56 Å². The molecule has 1 aliphatic rings. The van der Waals surface area contributed by atoms with E-state index in [1.165, 1.54) is 24.3 Å². The largest absolute Gasteiger partial charge is 0.449 e. The van der Waals surface area contributed by atoms with Crippen LogP contribution in [-0.2, 0) is 6.18 Å². The van der Waals surface area contributed by atoms with Crippen molar-refractivity contribution in [2.75, 3.05) is 0 Å². The van der Waals surface area contributed by atoms with Crippen LogP contribution in [0.2, 0.25) is 10.0 Å². The Morgan fingerprint density at radius 1 is 1.18 bits per heavy atom. The lowest BCUT2D eigenvalue weighted by Crippen LogP contribution is -2.20. The van der Waals surface area contributed by atoms with E-state index < -0.39 is 23.2 Å². The first kappa shape index (κ1) is 18.8. The maximum absolute atomic E-state index is 13.5. The predicted molar refractivity (Wildman–Crippen MR) is 93.9 cm³/mol. The van der Waals surface area contributed by atoms with Crippen molar-refractivity contribution in [2.45, 2.75) is 24.9 Å². The third kappa shape index (κ3) is 3.72. The minimum atomic E-state index is -4.95. The smallest absolute Gasteiger partial charge is 0.437 e. The van der Waals surface area contributed by atoms with Gasteiger partial charge in [-0.15, -0.1) is 0 Å². The second-order valence-electron chi connectivity index (χ2n) is 6.16. The number of aromatic nitrogens is 3. The van der Waals surface area contributed by atoms with Crippen molar-refractivity contribution in [2.24, 2.45) is 0 Å². The van der Waals surface area contributed by atoms with Crippen LogP contribution in [0.25, 0.3) is 11.5 Å². The number of nitrogens with one attached hydrogen (secondary N) is 1. The van der Waals surface area contributed by atoms with E-state index in [0.717, 1.165) is 12.8 Å². The molecule has 146 valence electrons. The number of alkyl halides is 3. The van der Waals surface area contributed by atoms with Gasteiger partial charge in [-0.1, -0.05) is 28.4 Å². The molecular formula is C17H10Cl2F3N3O3. The lowest BCUT2D eigenvalue weighted by Gasteiger charge is -2.13. The zero-order chi connectivity index (χ0) is 20.1. The fourth-order valence-electron chi connectivity index (χ4n) is 2.49. The van der Waals surface area contributed by atoms with E-state index in [1.807, 2.05) is 0 Å². The highest BCUT2D eigenvalue weighted by Crippen LogP contribution is 2.41. The first-order chi connectivity index (χ1) is 13.2. The van der Waals surface area contributed by atoms with Crippen LogP contribution < -0.4 is 10.3 Å². The van der Waals surface area contributed by atoms with Crippen LogP contribution in [0, 0.1) is 0 Å². The maximum Gasteiger partial charge on any atom is 0.437 e. The van der Waals surface area contributed by atoms with Crippen molar-refractivity contribution in [1.82, 2.24) is 15.1 Å². The van der Waals surface area contributed by atoms with Gasteiger partial charge in [0.05, 0.1) is 10.0 Å². The summed E-state index contributed by atoms with van der Waals surface area (Å²) in [5.74, 6) is -0.734. The fourth-order valence-corrected chi connectivity index (χ4v) is 2.78. The van der Waals surface area contributed by atoms with Gasteiger partial charge in [-0.05, 0) is 25.0 Å². The van der Waals surface area contributed by atoms with Crippen molar-refractivity contribution in [3.63, 3.8) is 0 Å². The molecule has 4 rings (SSSR count). The van der Waals surface area contributed by atoms with Crippen molar-refractivity contribution in [1.29, 1.82) is 0 Å². The molecular weight excluding hydrogens is 422 g/mol.